The van der Waals surface area contributed by atoms with Crippen molar-refractivity contribution >= 4 is 44.3 Å². The minimum Gasteiger partial charge on any atom is -0.455 e. The number of nitro groups is 1. The molecular weight excluding hydrogens is 538 g/mol. The Morgan fingerprint density at radius 2 is 1.68 bits per heavy atom. The van der Waals surface area contributed by atoms with E-state index in [4.69, 9.17) is 8.92 Å². The van der Waals surface area contributed by atoms with Gasteiger partial charge in [-0.3, -0.25) is 19.1 Å². The number of esters is 1. The van der Waals surface area contributed by atoms with Crippen LogP contribution < -0.4 is 5.32 Å². The summed E-state index contributed by atoms with van der Waals surface area (Å²) in [6, 6.07) is 19.4. The maximum atomic E-state index is 13.3. The summed E-state index contributed by atoms with van der Waals surface area (Å²) in [5.74, 6) is -1.25. The smallest absolute Gasteiger partial charge is 0.355 e. The summed E-state index contributed by atoms with van der Waals surface area (Å²) in [4.78, 5) is 38.7. The Hall–Kier alpha value is -4.55. The zero-order chi connectivity index (χ0) is 29.1. The highest BCUT2D eigenvalue weighted by Gasteiger charge is 2.29. The average molecular weight is 566 g/mol. The number of carbonyl (C=O) groups is 2. The van der Waals surface area contributed by atoms with Crippen LogP contribution in [-0.2, 0) is 30.3 Å². The van der Waals surface area contributed by atoms with Crippen molar-refractivity contribution < 1.29 is 31.9 Å². The molecule has 11 nitrogen and oxygen atoms in total. The molecule has 0 aliphatic heterocycles. The second-order valence-electron chi connectivity index (χ2n) is 9.96. The van der Waals surface area contributed by atoms with Crippen LogP contribution in [0.5, 0.6) is 0 Å². The van der Waals surface area contributed by atoms with Crippen LogP contribution in [0.15, 0.2) is 83.8 Å². The molecule has 4 rings (SSSR count). The van der Waals surface area contributed by atoms with Crippen molar-refractivity contribution in [2.24, 2.45) is 0 Å². The standard InChI is InChI=1S/C28H27N3O8S/c1-28(2,3)38-27(33)24-17-19-16-20(9-14-23(19)30-24)29-26(32)25(15-18-7-5-4-6-8-18)39-40(36,37)22-12-10-21(11-13-22)31(34)35/h4-14,16-17,25,30H,15H2,1-3H3,(H,29,32). The predicted molar refractivity (Wildman–Crippen MR) is 147 cm³/mol. The highest BCUT2D eigenvalue weighted by atomic mass is 32.2. The number of fused-ring (bicyclic) bond motifs is 1. The molecule has 4 aromatic rings. The van der Waals surface area contributed by atoms with Gasteiger partial charge in [0.15, 0.2) is 6.10 Å². The topological polar surface area (TPSA) is 158 Å². The van der Waals surface area contributed by atoms with Gasteiger partial charge >= 0.3 is 5.97 Å². The minimum absolute atomic E-state index is 0.0614. The van der Waals surface area contributed by atoms with E-state index in [1.54, 1.807) is 75.4 Å². The fourth-order valence-corrected chi connectivity index (χ4v) is 4.86. The van der Waals surface area contributed by atoms with Gasteiger partial charge in [-0.05, 0) is 62.7 Å². The number of ether oxygens (including phenoxy) is 1. The Kier molecular flexibility index (Phi) is 8.03. The largest absolute Gasteiger partial charge is 0.455 e. The van der Waals surface area contributed by atoms with Gasteiger partial charge < -0.3 is 15.0 Å². The molecule has 1 atom stereocenters. The second kappa shape index (κ2) is 11.3. The number of aromatic amines is 1. The third-order valence-electron chi connectivity index (χ3n) is 5.64. The molecule has 12 heteroatoms. The first-order valence-corrected chi connectivity index (χ1v) is 13.6. The van der Waals surface area contributed by atoms with Crippen LogP contribution in [0, 0.1) is 10.1 Å². The lowest BCUT2D eigenvalue weighted by Gasteiger charge is -2.18. The van der Waals surface area contributed by atoms with Gasteiger partial charge in [-0.2, -0.15) is 8.42 Å². The van der Waals surface area contributed by atoms with Gasteiger partial charge in [-0.1, -0.05) is 30.3 Å². The highest BCUT2D eigenvalue weighted by Crippen LogP contribution is 2.24. The van der Waals surface area contributed by atoms with E-state index in [0.717, 1.165) is 24.3 Å². The molecule has 0 aliphatic rings. The van der Waals surface area contributed by atoms with Gasteiger partial charge in [-0.25, -0.2) is 4.79 Å². The number of aromatic nitrogens is 1. The molecular formula is C28H27N3O8S. The Labute approximate surface area is 230 Å². The van der Waals surface area contributed by atoms with E-state index < -0.39 is 38.6 Å². The van der Waals surface area contributed by atoms with Crippen molar-refractivity contribution in [2.75, 3.05) is 5.32 Å². The molecule has 208 valence electrons. The van der Waals surface area contributed by atoms with Gasteiger partial charge in [0.05, 0.1) is 9.82 Å². The Morgan fingerprint density at radius 1 is 1.00 bits per heavy atom. The summed E-state index contributed by atoms with van der Waals surface area (Å²) in [5.41, 5.74) is 0.930. The lowest BCUT2D eigenvalue weighted by Crippen LogP contribution is -2.34. The number of nitro benzene ring substituents is 1. The quantitative estimate of drug-likeness (QED) is 0.124. The second-order valence-corrected chi connectivity index (χ2v) is 11.5. The number of amides is 1. The van der Waals surface area contributed by atoms with Crippen molar-refractivity contribution in [3.8, 4) is 0 Å². The van der Waals surface area contributed by atoms with E-state index in [-0.39, 0.29) is 22.7 Å². The van der Waals surface area contributed by atoms with Crippen LogP contribution >= 0.6 is 0 Å². The number of hydrogen-bond acceptors (Lipinski definition) is 8. The molecule has 0 saturated carbocycles. The number of nitrogens with one attached hydrogen (secondary N) is 2. The molecule has 1 heterocycles. The van der Waals surface area contributed by atoms with E-state index in [2.05, 4.69) is 10.3 Å². The molecule has 2 N–H and O–H groups in total. The summed E-state index contributed by atoms with van der Waals surface area (Å²) in [6.07, 6.45) is -1.52. The van der Waals surface area contributed by atoms with Gasteiger partial charge in [0, 0.05) is 35.1 Å². The average Bonchev–Trinajstić information content (AvgIpc) is 3.32. The molecule has 0 radical (unpaired) electrons. The maximum absolute atomic E-state index is 13.3. The van der Waals surface area contributed by atoms with Crippen molar-refractivity contribution in [1.29, 1.82) is 0 Å². The number of nitrogens with zero attached hydrogens (tertiary/aromatic N) is 1. The first kappa shape index (κ1) is 28.5. The van der Waals surface area contributed by atoms with E-state index in [9.17, 15) is 28.1 Å². The molecule has 0 bridgehead atoms. The zero-order valence-electron chi connectivity index (χ0n) is 21.9. The number of rotatable bonds is 9. The van der Waals surface area contributed by atoms with Crippen molar-refractivity contribution in [3.05, 3.63) is 100 Å². The Balaban J connectivity index is 1.57. The van der Waals surface area contributed by atoms with Crippen molar-refractivity contribution in [1.82, 2.24) is 4.98 Å². The Bertz CT molecular complexity index is 1660. The summed E-state index contributed by atoms with van der Waals surface area (Å²) in [7, 11) is -4.46. The third-order valence-corrected chi connectivity index (χ3v) is 6.98. The maximum Gasteiger partial charge on any atom is 0.355 e. The molecule has 0 saturated heterocycles. The molecule has 3 aromatic carbocycles. The van der Waals surface area contributed by atoms with Gasteiger partial charge in [0.25, 0.3) is 21.7 Å². The summed E-state index contributed by atoms with van der Waals surface area (Å²) < 4.78 is 36.7. The summed E-state index contributed by atoms with van der Waals surface area (Å²) in [6.45, 7) is 5.28. The molecule has 0 aliphatic carbocycles. The predicted octanol–water partition coefficient (Wildman–Crippen LogP) is 4.99. The number of carbonyl (C=O) groups excluding carboxylic acids is 2. The lowest BCUT2D eigenvalue weighted by atomic mass is 10.1. The molecule has 1 amide bonds. The minimum atomic E-state index is -4.46. The summed E-state index contributed by atoms with van der Waals surface area (Å²) >= 11 is 0. The van der Waals surface area contributed by atoms with Crippen LogP contribution in [0.25, 0.3) is 10.9 Å². The number of non-ortho nitro benzene ring substituents is 1. The van der Waals surface area contributed by atoms with E-state index in [0.29, 0.717) is 22.2 Å². The Morgan fingerprint density at radius 3 is 2.30 bits per heavy atom. The van der Waals surface area contributed by atoms with Crippen LogP contribution in [0.1, 0.15) is 36.8 Å². The summed E-state index contributed by atoms with van der Waals surface area (Å²) in [5, 5.41) is 14.2. The normalized spacial score (nSPS) is 12.6. The zero-order valence-corrected chi connectivity index (χ0v) is 22.7. The fourth-order valence-electron chi connectivity index (χ4n) is 3.82. The third kappa shape index (κ3) is 7.10. The number of H-pyrrole nitrogens is 1. The van der Waals surface area contributed by atoms with Crippen LogP contribution in [0.4, 0.5) is 11.4 Å². The molecule has 1 unspecified atom stereocenters. The highest BCUT2D eigenvalue weighted by molar-refractivity contribution is 7.86. The first-order valence-electron chi connectivity index (χ1n) is 12.2. The molecule has 1 aromatic heterocycles. The number of anilines is 1. The van der Waals surface area contributed by atoms with Crippen LogP contribution in [0.2, 0.25) is 0 Å². The lowest BCUT2D eigenvalue weighted by molar-refractivity contribution is -0.384. The first-order chi connectivity index (χ1) is 18.8. The van der Waals surface area contributed by atoms with Gasteiger partial charge in [0.2, 0.25) is 0 Å². The van der Waals surface area contributed by atoms with E-state index in [1.807, 2.05) is 0 Å². The van der Waals surface area contributed by atoms with Gasteiger partial charge in [-0.15, -0.1) is 0 Å². The number of hydrogen-bond donors (Lipinski definition) is 2. The van der Waals surface area contributed by atoms with Crippen molar-refractivity contribution in [2.45, 2.75) is 43.8 Å². The van der Waals surface area contributed by atoms with E-state index in [1.165, 1.54) is 0 Å². The monoisotopic (exact) mass is 565 g/mol. The SMILES string of the molecule is CC(C)(C)OC(=O)c1cc2cc(NC(=O)C(Cc3ccccc3)OS(=O)(=O)c3ccc([N+](=O)[O-])cc3)ccc2[nH]1. The molecule has 0 fully saturated rings. The molecule has 40 heavy (non-hydrogen) atoms. The molecule has 0 spiro atoms. The number of benzene rings is 3. The van der Waals surface area contributed by atoms with Crippen LogP contribution in [-0.4, -0.2) is 41.9 Å². The fraction of sp³-hybridized carbons (Fsp3) is 0.214. The van der Waals surface area contributed by atoms with Crippen molar-refractivity contribution in [3.63, 3.8) is 0 Å². The van der Waals surface area contributed by atoms with E-state index >= 15 is 0 Å². The van der Waals surface area contributed by atoms with Gasteiger partial charge in [0.1, 0.15) is 11.3 Å². The van der Waals surface area contributed by atoms with Crippen LogP contribution in [0.3, 0.4) is 0 Å².